The molecule has 0 aliphatic carbocycles. The minimum absolute atomic E-state index is 0.0394. The Balaban J connectivity index is 1.94. The van der Waals surface area contributed by atoms with Gasteiger partial charge in [0.15, 0.2) is 0 Å². The zero-order chi connectivity index (χ0) is 23.7. The second kappa shape index (κ2) is 11.3. The number of nitrogens with one attached hydrogen (secondary N) is 1. The molecule has 0 saturated heterocycles. The minimum atomic E-state index is -0.941. The zero-order valence-corrected chi connectivity index (χ0v) is 19.0. The highest BCUT2D eigenvalue weighted by Gasteiger charge is 2.24. The Morgan fingerprint density at radius 3 is 2.44 bits per heavy atom. The monoisotopic (exact) mass is 444 g/mol. The molecule has 2 aromatic rings. The molecule has 9 heteroatoms. The van der Waals surface area contributed by atoms with E-state index in [1.165, 1.54) is 18.0 Å². The van der Waals surface area contributed by atoms with Crippen LogP contribution in [0.2, 0.25) is 0 Å². The number of carbonyl (C=O) groups is 2. The second-order valence-electron chi connectivity index (χ2n) is 8.44. The summed E-state index contributed by atoms with van der Waals surface area (Å²) in [7, 11) is 0. The van der Waals surface area contributed by atoms with E-state index in [2.05, 4.69) is 10.3 Å². The van der Waals surface area contributed by atoms with E-state index in [1.807, 2.05) is 12.1 Å². The van der Waals surface area contributed by atoms with Crippen molar-refractivity contribution in [2.45, 2.75) is 45.8 Å². The first-order chi connectivity index (χ1) is 15.0. The number of aromatic nitrogens is 1. The van der Waals surface area contributed by atoms with Crippen LogP contribution in [0.5, 0.6) is 5.75 Å². The summed E-state index contributed by atoms with van der Waals surface area (Å²) in [6.07, 6.45) is 0.587. The number of carbonyl (C=O) groups excluding carboxylic acids is 2. The third-order valence-electron chi connectivity index (χ3n) is 4.22. The smallest absolute Gasteiger partial charge is 0.410 e. The van der Waals surface area contributed by atoms with Crippen LogP contribution in [0.25, 0.3) is 0 Å². The highest BCUT2D eigenvalue weighted by atomic mass is 16.6. The molecule has 0 radical (unpaired) electrons. The summed E-state index contributed by atoms with van der Waals surface area (Å²) in [5.74, 6) is 0.621. The Kier molecular flexibility index (Phi) is 8.83. The van der Waals surface area contributed by atoms with Crippen molar-refractivity contribution in [1.29, 1.82) is 0 Å². The highest BCUT2D eigenvalue weighted by molar-refractivity contribution is 5.87. The summed E-state index contributed by atoms with van der Waals surface area (Å²) in [4.78, 5) is 29.2. The average Bonchev–Trinajstić information content (AvgIpc) is 2.70. The maximum atomic E-state index is 12.7. The molecule has 0 aliphatic rings. The van der Waals surface area contributed by atoms with Crippen LogP contribution in [0.1, 0.15) is 33.3 Å². The molecule has 174 valence electrons. The first-order valence-corrected chi connectivity index (χ1v) is 10.4. The Hall–Kier alpha value is -3.33. The topological polar surface area (TPSA) is 127 Å². The lowest BCUT2D eigenvalue weighted by molar-refractivity contribution is -0.114. The molecule has 1 atom stereocenters. The second-order valence-corrected chi connectivity index (χ2v) is 8.44. The number of hydrogen-bond donors (Lipinski definition) is 3. The lowest BCUT2D eigenvalue weighted by atomic mass is 10.1. The standard InChI is InChI=1S/C23H32N4O5/c1-16(28)26-21-10-9-20(13-25-21)31-15-19(29)14-27(22(30)32-23(2,3)4)12-11-17-5-7-18(24)8-6-17/h5-10,13,19,29H,11-12,14-15,24H2,1-4H3,(H,25,26,28)/t19-/m1/s1. The minimum Gasteiger partial charge on any atom is -0.489 e. The van der Waals surface area contributed by atoms with E-state index in [0.717, 1.165) is 5.56 Å². The van der Waals surface area contributed by atoms with Gasteiger partial charge < -0.3 is 30.5 Å². The maximum absolute atomic E-state index is 12.7. The molecular weight excluding hydrogens is 412 g/mol. The van der Waals surface area contributed by atoms with Gasteiger partial charge in [-0.2, -0.15) is 0 Å². The molecule has 0 fully saturated rings. The van der Waals surface area contributed by atoms with Gasteiger partial charge in [0.25, 0.3) is 0 Å². The number of nitrogen functional groups attached to an aromatic ring is 1. The van der Waals surface area contributed by atoms with Crippen LogP contribution in [-0.2, 0) is 16.0 Å². The lowest BCUT2D eigenvalue weighted by Gasteiger charge is -2.29. The van der Waals surface area contributed by atoms with Crippen LogP contribution in [-0.4, -0.2) is 58.4 Å². The van der Waals surface area contributed by atoms with Gasteiger partial charge in [-0.3, -0.25) is 4.79 Å². The van der Waals surface area contributed by atoms with E-state index >= 15 is 0 Å². The Morgan fingerprint density at radius 1 is 1.19 bits per heavy atom. The Labute approximate surface area is 188 Å². The Morgan fingerprint density at radius 2 is 1.88 bits per heavy atom. The fraction of sp³-hybridized carbons (Fsp3) is 0.435. The van der Waals surface area contributed by atoms with E-state index < -0.39 is 17.8 Å². The van der Waals surface area contributed by atoms with Crippen molar-refractivity contribution < 1.29 is 24.2 Å². The Bertz CT molecular complexity index is 879. The summed E-state index contributed by atoms with van der Waals surface area (Å²) >= 11 is 0. The number of nitrogens with two attached hydrogens (primary N) is 1. The van der Waals surface area contributed by atoms with Gasteiger partial charge in [-0.05, 0) is 57.0 Å². The predicted octanol–water partition coefficient (Wildman–Crippen LogP) is 2.84. The summed E-state index contributed by atoms with van der Waals surface area (Å²) in [5.41, 5.74) is 6.76. The van der Waals surface area contributed by atoms with Crippen molar-refractivity contribution in [2.24, 2.45) is 0 Å². The molecular formula is C23H32N4O5. The van der Waals surface area contributed by atoms with Gasteiger partial charge in [-0.15, -0.1) is 0 Å². The van der Waals surface area contributed by atoms with Crippen molar-refractivity contribution in [2.75, 3.05) is 30.7 Å². The number of pyridine rings is 1. The molecule has 1 aromatic heterocycles. The number of benzene rings is 1. The predicted molar refractivity (Wildman–Crippen MR) is 122 cm³/mol. The number of nitrogens with zero attached hydrogens (tertiary/aromatic N) is 2. The van der Waals surface area contributed by atoms with E-state index in [0.29, 0.717) is 30.2 Å². The highest BCUT2D eigenvalue weighted by Crippen LogP contribution is 2.14. The van der Waals surface area contributed by atoms with Gasteiger partial charge in [0, 0.05) is 19.2 Å². The van der Waals surface area contributed by atoms with Crippen LogP contribution in [0, 0.1) is 0 Å². The van der Waals surface area contributed by atoms with Crippen molar-refractivity contribution in [3.8, 4) is 5.75 Å². The summed E-state index contributed by atoms with van der Waals surface area (Å²) in [6.45, 7) is 7.14. The average molecular weight is 445 g/mol. The third-order valence-corrected chi connectivity index (χ3v) is 4.22. The fourth-order valence-electron chi connectivity index (χ4n) is 2.75. The normalized spacial score (nSPS) is 12.0. The molecule has 1 aromatic carbocycles. The quantitative estimate of drug-likeness (QED) is 0.508. The molecule has 4 N–H and O–H groups in total. The van der Waals surface area contributed by atoms with Crippen LogP contribution in [0.15, 0.2) is 42.6 Å². The van der Waals surface area contributed by atoms with Gasteiger partial charge in [-0.25, -0.2) is 9.78 Å². The fourth-order valence-corrected chi connectivity index (χ4v) is 2.75. The molecule has 0 bridgehead atoms. The van der Waals surface area contributed by atoms with E-state index in [1.54, 1.807) is 45.0 Å². The van der Waals surface area contributed by atoms with Crippen LogP contribution in [0.3, 0.4) is 0 Å². The largest absolute Gasteiger partial charge is 0.489 e. The summed E-state index contributed by atoms with van der Waals surface area (Å²) in [5, 5.41) is 13.0. The molecule has 1 heterocycles. The molecule has 9 nitrogen and oxygen atoms in total. The number of aliphatic hydroxyl groups is 1. The number of hydrogen-bond acceptors (Lipinski definition) is 7. The third kappa shape index (κ3) is 9.22. The first-order valence-electron chi connectivity index (χ1n) is 10.4. The van der Waals surface area contributed by atoms with Crippen molar-refractivity contribution in [3.05, 3.63) is 48.2 Å². The number of rotatable bonds is 9. The summed E-state index contributed by atoms with van der Waals surface area (Å²) in [6, 6.07) is 10.7. The first kappa shape index (κ1) is 24.9. The van der Waals surface area contributed by atoms with Crippen LogP contribution >= 0.6 is 0 Å². The molecule has 0 saturated carbocycles. The van der Waals surface area contributed by atoms with Crippen molar-refractivity contribution in [3.63, 3.8) is 0 Å². The van der Waals surface area contributed by atoms with E-state index in [4.69, 9.17) is 15.2 Å². The number of ether oxygens (including phenoxy) is 2. The van der Waals surface area contributed by atoms with Gasteiger partial charge in [-0.1, -0.05) is 12.1 Å². The van der Waals surface area contributed by atoms with Gasteiger partial charge in [0.1, 0.15) is 29.9 Å². The van der Waals surface area contributed by atoms with E-state index in [-0.39, 0.29) is 19.1 Å². The van der Waals surface area contributed by atoms with Gasteiger partial charge in [0.05, 0.1) is 12.7 Å². The number of aliphatic hydroxyl groups excluding tert-OH is 1. The molecule has 0 spiro atoms. The van der Waals surface area contributed by atoms with Gasteiger partial charge >= 0.3 is 6.09 Å². The van der Waals surface area contributed by atoms with Crippen LogP contribution in [0.4, 0.5) is 16.3 Å². The molecule has 0 aliphatic heterocycles. The van der Waals surface area contributed by atoms with Crippen LogP contribution < -0.4 is 15.8 Å². The molecule has 0 unspecified atom stereocenters. The van der Waals surface area contributed by atoms with Crippen molar-refractivity contribution >= 4 is 23.5 Å². The maximum Gasteiger partial charge on any atom is 0.410 e. The molecule has 2 amide bonds. The molecule has 32 heavy (non-hydrogen) atoms. The SMILES string of the molecule is CC(=O)Nc1ccc(OC[C@H](O)CN(CCc2ccc(N)cc2)C(=O)OC(C)(C)C)cn1. The van der Waals surface area contributed by atoms with Crippen molar-refractivity contribution in [1.82, 2.24) is 9.88 Å². The van der Waals surface area contributed by atoms with Gasteiger partial charge in [0.2, 0.25) is 5.91 Å². The lowest BCUT2D eigenvalue weighted by Crippen LogP contribution is -2.43. The number of anilines is 2. The number of amides is 2. The zero-order valence-electron chi connectivity index (χ0n) is 19.0. The van der Waals surface area contributed by atoms with E-state index in [9.17, 15) is 14.7 Å². The molecule has 2 rings (SSSR count). The summed E-state index contributed by atoms with van der Waals surface area (Å²) < 4.78 is 11.1.